The van der Waals surface area contributed by atoms with Crippen LogP contribution in [0.25, 0.3) is 0 Å². The molecule has 0 saturated heterocycles. The lowest BCUT2D eigenvalue weighted by Crippen LogP contribution is -2.56. The van der Waals surface area contributed by atoms with Gasteiger partial charge in [0.2, 0.25) is 11.8 Å². The van der Waals surface area contributed by atoms with E-state index in [0.29, 0.717) is 17.8 Å². The molecule has 0 aromatic heterocycles. The van der Waals surface area contributed by atoms with Gasteiger partial charge in [-0.15, -0.1) is 0 Å². The van der Waals surface area contributed by atoms with Crippen LogP contribution in [0.3, 0.4) is 0 Å². The molecule has 4 aliphatic carbocycles. The molecule has 0 spiro atoms. The summed E-state index contributed by atoms with van der Waals surface area (Å²) >= 11 is 0. The summed E-state index contributed by atoms with van der Waals surface area (Å²) in [7, 11) is 0. The molecule has 128 valence electrons. The van der Waals surface area contributed by atoms with Crippen molar-refractivity contribution in [3.63, 3.8) is 0 Å². The number of carbonyl (C=O) groups excluding carboxylic acids is 2. The number of nitrogens with one attached hydrogen (secondary N) is 2. The fraction of sp³-hybridized carbons (Fsp3) is 0.579. The molecule has 1 aromatic carbocycles. The Kier molecular flexibility index (Phi) is 3.82. The van der Waals surface area contributed by atoms with Crippen LogP contribution < -0.4 is 10.9 Å². The van der Waals surface area contributed by atoms with Crippen molar-refractivity contribution in [1.82, 2.24) is 10.9 Å². The highest BCUT2D eigenvalue weighted by Gasteiger charge is 2.54. The van der Waals surface area contributed by atoms with Gasteiger partial charge in [-0.3, -0.25) is 20.4 Å². The highest BCUT2D eigenvalue weighted by atomic mass is 19.1. The Balaban J connectivity index is 1.33. The standard InChI is InChI=1S/C19H23FN2O2/c20-16-3-1-12(2-4-16)8-17(23)21-22-18(24)19-9-13-5-14(10-19)7-15(6-13)11-19/h1-4,13-15H,5-11H2,(H,21,23)(H,22,24). The lowest BCUT2D eigenvalue weighted by Gasteiger charge is -2.55. The van der Waals surface area contributed by atoms with Gasteiger partial charge in [0, 0.05) is 0 Å². The Morgan fingerprint density at radius 2 is 1.50 bits per heavy atom. The number of halogens is 1. The fourth-order valence-corrected chi connectivity index (χ4v) is 5.48. The predicted octanol–water partition coefficient (Wildman–Crippen LogP) is 2.73. The van der Waals surface area contributed by atoms with Gasteiger partial charge in [-0.25, -0.2) is 4.39 Å². The number of benzene rings is 1. The number of hydrogen-bond donors (Lipinski definition) is 2. The summed E-state index contributed by atoms with van der Waals surface area (Å²) < 4.78 is 12.9. The molecule has 1 aromatic rings. The minimum absolute atomic E-state index is 0.0194. The first kappa shape index (κ1) is 15.6. The fourth-order valence-electron chi connectivity index (χ4n) is 5.48. The van der Waals surface area contributed by atoms with Gasteiger partial charge in [-0.1, -0.05) is 12.1 Å². The maximum atomic E-state index is 12.9. The van der Waals surface area contributed by atoms with E-state index in [-0.39, 0.29) is 29.5 Å². The van der Waals surface area contributed by atoms with Crippen molar-refractivity contribution in [2.75, 3.05) is 0 Å². The molecule has 0 heterocycles. The van der Waals surface area contributed by atoms with Gasteiger partial charge in [0.1, 0.15) is 5.82 Å². The van der Waals surface area contributed by atoms with Crippen molar-refractivity contribution in [2.45, 2.75) is 44.9 Å². The highest BCUT2D eigenvalue weighted by molar-refractivity contribution is 5.86. The summed E-state index contributed by atoms with van der Waals surface area (Å²) in [6, 6.07) is 5.82. The van der Waals surface area contributed by atoms with E-state index in [2.05, 4.69) is 10.9 Å². The SMILES string of the molecule is O=C(Cc1ccc(F)cc1)NNC(=O)C12CC3CC(CC(C3)C1)C2. The van der Waals surface area contributed by atoms with Gasteiger partial charge in [0.25, 0.3) is 0 Å². The molecule has 0 radical (unpaired) electrons. The first-order valence-electron chi connectivity index (χ1n) is 8.86. The van der Waals surface area contributed by atoms with Gasteiger partial charge >= 0.3 is 0 Å². The van der Waals surface area contributed by atoms with Crippen molar-refractivity contribution in [1.29, 1.82) is 0 Å². The second-order valence-corrected chi connectivity index (χ2v) is 8.00. The number of rotatable bonds is 3. The van der Waals surface area contributed by atoms with Crippen LogP contribution in [0.15, 0.2) is 24.3 Å². The van der Waals surface area contributed by atoms with Crippen LogP contribution in [0.1, 0.15) is 44.1 Å². The van der Waals surface area contributed by atoms with E-state index in [4.69, 9.17) is 0 Å². The minimum Gasteiger partial charge on any atom is -0.273 e. The Hall–Kier alpha value is -1.91. The third-order valence-corrected chi connectivity index (χ3v) is 6.11. The van der Waals surface area contributed by atoms with Gasteiger partial charge in [0.15, 0.2) is 0 Å². The normalized spacial score (nSPS) is 33.3. The van der Waals surface area contributed by atoms with Crippen molar-refractivity contribution >= 4 is 11.8 Å². The third-order valence-electron chi connectivity index (χ3n) is 6.11. The van der Waals surface area contributed by atoms with E-state index < -0.39 is 0 Å². The van der Waals surface area contributed by atoms with Gasteiger partial charge in [0.05, 0.1) is 11.8 Å². The number of carbonyl (C=O) groups is 2. The summed E-state index contributed by atoms with van der Waals surface area (Å²) in [5, 5.41) is 0. The molecule has 0 unspecified atom stereocenters. The van der Waals surface area contributed by atoms with Crippen molar-refractivity contribution in [2.24, 2.45) is 23.2 Å². The highest BCUT2D eigenvalue weighted by Crippen LogP contribution is 2.59. The quantitative estimate of drug-likeness (QED) is 0.837. The lowest BCUT2D eigenvalue weighted by molar-refractivity contribution is -0.148. The van der Waals surface area contributed by atoms with Gasteiger partial charge in [-0.05, 0) is 74.0 Å². The van der Waals surface area contributed by atoms with E-state index >= 15 is 0 Å². The maximum Gasteiger partial charge on any atom is 0.244 e. The van der Waals surface area contributed by atoms with E-state index in [1.165, 1.54) is 31.4 Å². The van der Waals surface area contributed by atoms with E-state index in [0.717, 1.165) is 24.8 Å². The topological polar surface area (TPSA) is 58.2 Å². The molecule has 2 N–H and O–H groups in total. The molecule has 5 heteroatoms. The monoisotopic (exact) mass is 330 g/mol. The van der Waals surface area contributed by atoms with Crippen LogP contribution in [-0.4, -0.2) is 11.8 Å². The average Bonchev–Trinajstić information content (AvgIpc) is 2.53. The van der Waals surface area contributed by atoms with E-state index in [9.17, 15) is 14.0 Å². The first-order valence-corrected chi connectivity index (χ1v) is 8.86. The van der Waals surface area contributed by atoms with Crippen LogP contribution in [0, 0.1) is 29.0 Å². The smallest absolute Gasteiger partial charge is 0.244 e. The summed E-state index contributed by atoms with van der Waals surface area (Å²) in [6.45, 7) is 0. The molecule has 4 nitrogen and oxygen atoms in total. The Labute approximate surface area is 141 Å². The van der Waals surface area contributed by atoms with Crippen LogP contribution in [0.2, 0.25) is 0 Å². The maximum absolute atomic E-state index is 12.9. The molecule has 0 aliphatic heterocycles. The predicted molar refractivity (Wildman–Crippen MR) is 87.0 cm³/mol. The van der Waals surface area contributed by atoms with Crippen LogP contribution in [-0.2, 0) is 16.0 Å². The molecule has 5 rings (SSSR count). The molecule has 4 saturated carbocycles. The van der Waals surface area contributed by atoms with E-state index in [1.807, 2.05) is 0 Å². The van der Waals surface area contributed by atoms with Gasteiger partial charge < -0.3 is 0 Å². The molecule has 4 bridgehead atoms. The summed E-state index contributed by atoms with van der Waals surface area (Å²) in [5.41, 5.74) is 5.65. The number of hydrazine groups is 1. The van der Waals surface area contributed by atoms with Crippen molar-refractivity contribution < 1.29 is 14.0 Å². The Morgan fingerprint density at radius 1 is 0.958 bits per heavy atom. The molecular weight excluding hydrogens is 307 g/mol. The number of amides is 2. The molecule has 0 atom stereocenters. The first-order chi connectivity index (χ1) is 11.5. The Bertz CT molecular complexity index is 621. The molecule has 4 aliphatic rings. The zero-order valence-electron chi connectivity index (χ0n) is 13.7. The van der Waals surface area contributed by atoms with Crippen molar-refractivity contribution in [3.8, 4) is 0 Å². The van der Waals surface area contributed by atoms with Crippen LogP contribution in [0.5, 0.6) is 0 Å². The summed E-state index contributed by atoms with van der Waals surface area (Å²) in [6.07, 6.45) is 6.88. The largest absolute Gasteiger partial charge is 0.273 e. The number of hydrogen-bond acceptors (Lipinski definition) is 2. The Morgan fingerprint density at radius 3 is 2.04 bits per heavy atom. The molecule has 4 fully saturated rings. The van der Waals surface area contributed by atoms with Crippen LogP contribution >= 0.6 is 0 Å². The van der Waals surface area contributed by atoms with Crippen molar-refractivity contribution in [3.05, 3.63) is 35.6 Å². The summed E-state index contributed by atoms with van der Waals surface area (Å²) in [5.74, 6) is 1.45. The zero-order chi connectivity index (χ0) is 16.7. The second-order valence-electron chi connectivity index (χ2n) is 8.00. The molecular formula is C19H23FN2O2. The zero-order valence-corrected chi connectivity index (χ0v) is 13.7. The van der Waals surface area contributed by atoms with E-state index in [1.54, 1.807) is 12.1 Å². The average molecular weight is 330 g/mol. The van der Waals surface area contributed by atoms with Crippen LogP contribution in [0.4, 0.5) is 4.39 Å². The third kappa shape index (κ3) is 2.92. The van der Waals surface area contributed by atoms with Gasteiger partial charge in [-0.2, -0.15) is 0 Å². The molecule has 24 heavy (non-hydrogen) atoms. The molecule has 2 amide bonds. The summed E-state index contributed by atoms with van der Waals surface area (Å²) in [4.78, 5) is 24.7. The minimum atomic E-state index is -0.325. The second kappa shape index (κ2) is 5.87. The lowest BCUT2D eigenvalue weighted by atomic mass is 9.49.